The molecular formula is C41H79NO5. The Morgan fingerprint density at radius 3 is 1.28 bits per heavy atom. The van der Waals surface area contributed by atoms with Crippen LogP contribution in [0.5, 0.6) is 0 Å². The van der Waals surface area contributed by atoms with Gasteiger partial charge >= 0.3 is 0 Å². The molecular weight excluding hydrogens is 586 g/mol. The van der Waals surface area contributed by atoms with Crippen LogP contribution in [0.15, 0.2) is 24.3 Å². The van der Waals surface area contributed by atoms with Crippen molar-refractivity contribution in [2.75, 3.05) is 6.61 Å². The van der Waals surface area contributed by atoms with E-state index in [1.807, 2.05) is 0 Å². The number of amides is 1. The molecule has 0 aliphatic heterocycles. The van der Waals surface area contributed by atoms with E-state index in [0.717, 1.165) is 44.9 Å². The van der Waals surface area contributed by atoms with Gasteiger partial charge in [-0.2, -0.15) is 0 Å². The minimum absolute atomic E-state index is 0.333. The quantitative estimate of drug-likeness (QED) is 0.0338. The van der Waals surface area contributed by atoms with Gasteiger partial charge in [-0.05, 0) is 64.2 Å². The van der Waals surface area contributed by atoms with Crippen molar-refractivity contribution in [2.45, 2.75) is 224 Å². The topological polar surface area (TPSA) is 110 Å². The third-order valence-corrected chi connectivity index (χ3v) is 9.38. The van der Waals surface area contributed by atoms with Gasteiger partial charge in [0.15, 0.2) is 0 Å². The summed E-state index contributed by atoms with van der Waals surface area (Å²) in [5.74, 6) is -0.611. The molecule has 0 aromatic rings. The largest absolute Gasteiger partial charge is 0.394 e. The lowest BCUT2D eigenvalue weighted by molar-refractivity contribution is -0.132. The van der Waals surface area contributed by atoms with E-state index in [4.69, 9.17) is 0 Å². The van der Waals surface area contributed by atoms with Gasteiger partial charge in [-0.3, -0.25) is 4.79 Å². The molecule has 4 unspecified atom stereocenters. The maximum absolute atomic E-state index is 12.4. The van der Waals surface area contributed by atoms with Crippen molar-refractivity contribution >= 4 is 5.91 Å². The summed E-state index contributed by atoms with van der Waals surface area (Å²) >= 11 is 0. The number of nitrogens with one attached hydrogen (secondary N) is 1. The second-order valence-electron chi connectivity index (χ2n) is 14.0. The van der Waals surface area contributed by atoms with Gasteiger partial charge in [0.1, 0.15) is 12.2 Å². The second-order valence-corrected chi connectivity index (χ2v) is 14.0. The van der Waals surface area contributed by atoms with Gasteiger partial charge in [-0.25, -0.2) is 0 Å². The van der Waals surface area contributed by atoms with Gasteiger partial charge < -0.3 is 25.7 Å². The number of hydrogen-bond donors (Lipinski definition) is 5. The summed E-state index contributed by atoms with van der Waals surface area (Å²) < 4.78 is 0. The van der Waals surface area contributed by atoms with Crippen molar-refractivity contribution < 1.29 is 25.2 Å². The minimum atomic E-state index is -1.28. The molecule has 0 spiro atoms. The molecule has 0 radical (unpaired) electrons. The van der Waals surface area contributed by atoms with Gasteiger partial charge in [0.2, 0.25) is 5.91 Å². The average molecular weight is 666 g/mol. The number of allylic oxidation sites excluding steroid dienone is 4. The summed E-state index contributed by atoms with van der Waals surface area (Å²) in [6.45, 7) is 4.01. The SMILES string of the molecule is CCCCCCCC/C=C\CCCCC(O)C(=O)NC(CO)C(O)C(O)CCC/C=C/CCCCCCCCCCCCCCCC. The van der Waals surface area contributed by atoms with Crippen LogP contribution >= 0.6 is 0 Å². The van der Waals surface area contributed by atoms with E-state index in [0.29, 0.717) is 12.8 Å². The Balaban J connectivity index is 3.82. The van der Waals surface area contributed by atoms with Gasteiger partial charge in [-0.15, -0.1) is 0 Å². The normalized spacial score (nSPS) is 14.6. The first-order valence-electron chi connectivity index (χ1n) is 20.2. The molecule has 6 heteroatoms. The van der Waals surface area contributed by atoms with Crippen molar-refractivity contribution in [3.63, 3.8) is 0 Å². The van der Waals surface area contributed by atoms with Crippen LogP contribution < -0.4 is 5.32 Å². The summed E-state index contributed by atoms with van der Waals surface area (Å²) in [6, 6.07) is -1.01. The molecule has 0 saturated carbocycles. The van der Waals surface area contributed by atoms with E-state index in [-0.39, 0.29) is 0 Å². The summed E-state index contributed by atoms with van der Waals surface area (Å²) in [7, 11) is 0. The predicted molar refractivity (Wildman–Crippen MR) is 201 cm³/mol. The van der Waals surface area contributed by atoms with Crippen LogP contribution in [-0.2, 0) is 4.79 Å². The predicted octanol–water partition coefficient (Wildman–Crippen LogP) is 10.0. The second kappa shape index (κ2) is 36.1. The van der Waals surface area contributed by atoms with E-state index in [9.17, 15) is 25.2 Å². The lowest BCUT2D eigenvalue weighted by Crippen LogP contribution is -2.53. The highest BCUT2D eigenvalue weighted by atomic mass is 16.3. The Bertz CT molecular complexity index is 712. The summed E-state index contributed by atoms with van der Waals surface area (Å²) in [5, 5.41) is 43.4. The molecule has 47 heavy (non-hydrogen) atoms. The van der Waals surface area contributed by atoms with Crippen molar-refractivity contribution in [1.82, 2.24) is 5.32 Å². The third kappa shape index (κ3) is 30.6. The number of carbonyl (C=O) groups is 1. The van der Waals surface area contributed by atoms with Crippen LogP contribution in [0.4, 0.5) is 0 Å². The fourth-order valence-corrected chi connectivity index (χ4v) is 6.10. The highest BCUT2D eigenvalue weighted by Gasteiger charge is 2.28. The third-order valence-electron chi connectivity index (χ3n) is 9.38. The molecule has 4 atom stereocenters. The van der Waals surface area contributed by atoms with Gasteiger partial charge in [0.05, 0.1) is 18.8 Å². The molecule has 0 bridgehead atoms. The highest BCUT2D eigenvalue weighted by molar-refractivity contribution is 5.80. The molecule has 0 heterocycles. The maximum Gasteiger partial charge on any atom is 0.249 e. The smallest absolute Gasteiger partial charge is 0.249 e. The fourth-order valence-electron chi connectivity index (χ4n) is 6.10. The highest BCUT2D eigenvalue weighted by Crippen LogP contribution is 2.15. The van der Waals surface area contributed by atoms with E-state index >= 15 is 0 Å². The first kappa shape index (κ1) is 45.8. The van der Waals surface area contributed by atoms with Crippen molar-refractivity contribution in [3.05, 3.63) is 24.3 Å². The standard InChI is InChI=1S/C41H79NO5/c1-3-5-7-9-11-13-15-17-18-19-20-21-22-23-25-26-28-30-32-34-38(44)40(46)37(36-43)42-41(47)39(45)35-33-31-29-27-24-16-14-12-10-8-6-4-2/h24,26-28,37-40,43-46H,3-23,25,29-36H2,1-2H3,(H,42,47)/b27-24-,28-26+. The number of rotatable bonds is 36. The molecule has 5 N–H and O–H groups in total. The molecule has 1 amide bonds. The van der Waals surface area contributed by atoms with Crippen LogP contribution in [0.2, 0.25) is 0 Å². The summed E-state index contributed by atoms with van der Waals surface area (Å²) in [5.41, 5.74) is 0. The number of carbonyl (C=O) groups excluding carboxylic acids is 1. The van der Waals surface area contributed by atoms with E-state index < -0.39 is 36.9 Å². The zero-order valence-corrected chi connectivity index (χ0v) is 31.0. The Kier molecular flexibility index (Phi) is 35.2. The molecule has 0 aliphatic carbocycles. The Hall–Kier alpha value is -1.21. The lowest BCUT2D eigenvalue weighted by atomic mass is 10.00. The van der Waals surface area contributed by atoms with Crippen LogP contribution in [0, 0.1) is 0 Å². The van der Waals surface area contributed by atoms with Gasteiger partial charge in [0, 0.05) is 0 Å². The average Bonchev–Trinajstić information content (AvgIpc) is 3.07. The minimum Gasteiger partial charge on any atom is -0.394 e. The molecule has 6 nitrogen and oxygen atoms in total. The number of unbranched alkanes of at least 4 members (excludes halogenated alkanes) is 23. The number of aliphatic hydroxyl groups excluding tert-OH is 4. The maximum atomic E-state index is 12.4. The molecule has 0 aromatic heterocycles. The fraction of sp³-hybridized carbons (Fsp3) is 0.878. The zero-order chi connectivity index (χ0) is 34.6. The van der Waals surface area contributed by atoms with Crippen LogP contribution in [-0.4, -0.2) is 57.3 Å². The lowest BCUT2D eigenvalue weighted by Gasteiger charge is -2.27. The number of hydrogen-bond acceptors (Lipinski definition) is 5. The molecule has 278 valence electrons. The van der Waals surface area contributed by atoms with Crippen LogP contribution in [0.1, 0.15) is 200 Å². The van der Waals surface area contributed by atoms with Crippen molar-refractivity contribution in [1.29, 1.82) is 0 Å². The number of aliphatic hydroxyl groups is 4. The molecule has 0 saturated heterocycles. The summed E-state index contributed by atoms with van der Waals surface area (Å²) in [6.07, 6.45) is 39.2. The monoisotopic (exact) mass is 666 g/mol. The molecule has 0 rings (SSSR count). The first-order valence-corrected chi connectivity index (χ1v) is 20.2. The zero-order valence-electron chi connectivity index (χ0n) is 31.0. The molecule has 0 aromatic carbocycles. The van der Waals surface area contributed by atoms with E-state index in [1.54, 1.807) is 0 Å². The van der Waals surface area contributed by atoms with Gasteiger partial charge in [-0.1, -0.05) is 160 Å². The van der Waals surface area contributed by atoms with E-state index in [2.05, 4.69) is 43.5 Å². The summed E-state index contributed by atoms with van der Waals surface area (Å²) in [4.78, 5) is 12.4. The Morgan fingerprint density at radius 1 is 0.511 bits per heavy atom. The molecule has 0 aliphatic rings. The van der Waals surface area contributed by atoms with Crippen molar-refractivity contribution in [3.8, 4) is 0 Å². The van der Waals surface area contributed by atoms with E-state index in [1.165, 1.54) is 128 Å². The van der Waals surface area contributed by atoms with Crippen molar-refractivity contribution in [2.24, 2.45) is 0 Å². The van der Waals surface area contributed by atoms with Crippen LogP contribution in [0.3, 0.4) is 0 Å². The van der Waals surface area contributed by atoms with Gasteiger partial charge in [0.25, 0.3) is 0 Å². The van der Waals surface area contributed by atoms with Crippen LogP contribution in [0.25, 0.3) is 0 Å². The first-order chi connectivity index (χ1) is 23.0. The Morgan fingerprint density at radius 2 is 0.872 bits per heavy atom. The molecule has 0 fully saturated rings. The Labute approximate surface area is 291 Å².